The van der Waals surface area contributed by atoms with Crippen LogP contribution in [0.4, 0.5) is 4.39 Å². The van der Waals surface area contributed by atoms with Crippen molar-refractivity contribution in [1.82, 2.24) is 10.3 Å². The number of aryl methyl sites for hydroxylation is 2. The minimum Gasteiger partial charge on any atom is -0.478 e. The molecule has 2 aromatic rings. The molecule has 0 aliphatic carbocycles. The van der Waals surface area contributed by atoms with Gasteiger partial charge in [0.1, 0.15) is 0 Å². The Morgan fingerprint density at radius 1 is 1.12 bits per heavy atom. The van der Waals surface area contributed by atoms with Gasteiger partial charge in [0.2, 0.25) is 0 Å². The summed E-state index contributed by atoms with van der Waals surface area (Å²) >= 11 is 0. The first-order valence-electron chi connectivity index (χ1n) is 7.51. The maximum absolute atomic E-state index is 13.5. The van der Waals surface area contributed by atoms with Gasteiger partial charge < -0.3 is 4.74 Å². The van der Waals surface area contributed by atoms with Crippen molar-refractivity contribution >= 4 is 15.9 Å². The van der Waals surface area contributed by atoms with Crippen molar-refractivity contribution in [3.8, 4) is 5.75 Å². The van der Waals surface area contributed by atoms with E-state index in [0.717, 1.165) is 11.1 Å². The average molecular weight is 366 g/mol. The molecule has 0 aliphatic rings. The van der Waals surface area contributed by atoms with Crippen molar-refractivity contribution in [2.24, 2.45) is 0 Å². The number of hydrazine groups is 1. The number of carbonyl (C=O) groups is 1. The first-order valence-corrected chi connectivity index (χ1v) is 8.99. The molecular weight excluding hydrogens is 347 g/mol. The Hall–Kier alpha value is -2.45. The summed E-state index contributed by atoms with van der Waals surface area (Å²) in [6.07, 6.45) is -1.10. The smallest absolute Gasteiger partial charge is 0.275 e. The van der Waals surface area contributed by atoms with Crippen LogP contribution in [0.2, 0.25) is 0 Å². The van der Waals surface area contributed by atoms with Gasteiger partial charge in [-0.05, 0) is 56.2 Å². The summed E-state index contributed by atoms with van der Waals surface area (Å²) in [4.78, 5) is 14.0. The zero-order valence-corrected chi connectivity index (χ0v) is 14.9. The molecule has 0 saturated heterocycles. The maximum Gasteiger partial charge on any atom is 0.275 e. The number of rotatable bonds is 6. The third-order valence-corrected chi connectivity index (χ3v) is 4.85. The first kappa shape index (κ1) is 18.9. The molecule has 25 heavy (non-hydrogen) atoms. The van der Waals surface area contributed by atoms with Gasteiger partial charge in [-0.3, -0.25) is 10.2 Å². The molecular formula is C17H19FN2O4S. The summed E-state index contributed by atoms with van der Waals surface area (Å²) in [6, 6.07) is 10.2. The van der Waals surface area contributed by atoms with E-state index in [0.29, 0.717) is 0 Å². The fourth-order valence-electron chi connectivity index (χ4n) is 1.94. The number of benzene rings is 2. The van der Waals surface area contributed by atoms with Crippen LogP contribution >= 0.6 is 0 Å². The lowest BCUT2D eigenvalue weighted by atomic mass is 10.1. The Bertz CT molecular complexity index is 884. The molecule has 8 heteroatoms. The summed E-state index contributed by atoms with van der Waals surface area (Å²) in [5.41, 5.74) is 3.83. The second kappa shape index (κ2) is 7.62. The van der Waals surface area contributed by atoms with Gasteiger partial charge in [-0.1, -0.05) is 18.2 Å². The Morgan fingerprint density at radius 2 is 1.80 bits per heavy atom. The van der Waals surface area contributed by atoms with E-state index >= 15 is 0 Å². The molecule has 2 N–H and O–H groups in total. The van der Waals surface area contributed by atoms with Crippen LogP contribution in [0.3, 0.4) is 0 Å². The van der Waals surface area contributed by atoms with Crippen LogP contribution in [-0.4, -0.2) is 20.4 Å². The fraction of sp³-hybridized carbons (Fsp3) is 0.235. The highest BCUT2D eigenvalue weighted by Crippen LogP contribution is 2.17. The van der Waals surface area contributed by atoms with Crippen molar-refractivity contribution in [2.45, 2.75) is 31.8 Å². The predicted molar refractivity (Wildman–Crippen MR) is 90.9 cm³/mol. The molecule has 0 heterocycles. The van der Waals surface area contributed by atoms with Gasteiger partial charge >= 0.3 is 0 Å². The molecule has 0 aromatic heterocycles. The molecule has 2 rings (SSSR count). The van der Waals surface area contributed by atoms with Crippen LogP contribution < -0.4 is 15.0 Å². The minimum absolute atomic E-state index is 0.0265. The lowest BCUT2D eigenvalue weighted by molar-refractivity contribution is -0.127. The van der Waals surface area contributed by atoms with Gasteiger partial charge in [0, 0.05) is 0 Å². The highest BCUT2D eigenvalue weighted by atomic mass is 32.2. The lowest BCUT2D eigenvalue weighted by Gasteiger charge is -2.16. The van der Waals surface area contributed by atoms with Crippen molar-refractivity contribution in [2.75, 3.05) is 0 Å². The van der Waals surface area contributed by atoms with Gasteiger partial charge in [0.15, 0.2) is 17.7 Å². The minimum atomic E-state index is -3.92. The van der Waals surface area contributed by atoms with Crippen molar-refractivity contribution in [1.29, 1.82) is 0 Å². The van der Waals surface area contributed by atoms with Gasteiger partial charge in [0.25, 0.3) is 15.9 Å². The number of carbonyl (C=O) groups excluding carboxylic acids is 1. The maximum atomic E-state index is 13.5. The summed E-state index contributed by atoms with van der Waals surface area (Å²) in [7, 11) is -3.92. The van der Waals surface area contributed by atoms with Gasteiger partial charge in [0.05, 0.1) is 4.90 Å². The van der Waals surface area contributed by atoms with Gasteiger partial charge in [-0.15, -0.1) is 4.83 Å². The summed E-state index contributed by atoms with van der Waals surface area (Å²) in [5.74, 6) is -1.46. The number of amides is 1. The topological polar surface area (TPSA) is 84.5 Å². The van der Waals surface area contributed by atoms with E-state index in [4.69, 9.17) is 4.74 Å². The summed E-state index contributed by atoms with van der Waals surface area (Å²) in [5, 5.41) is 0. The zero-order chi connectivity index (χ0) is 18.6. The van der Waals surface area contributed by atoms with E-state index in [1.54, 1.807) is 19.1 Å². The monoisotopic (exact) mass is 366 g/mol. The van der Waals surface area contributed by atoms with Crippen LogP contribution in [0.1, 0.15) is 18.1 Å². The molecule has 0 spiro atoms. The van der Waals surface area contributed by atoms with Gasteiger partial charge in [-0.25, -0.2) is 12.8 Å². The molecule has 0 bridgehead atoms. The molecule has 0 fully saturated rings. The number of hydrogen-bond acceptors (Lipinski definition) is 4. The van der Waals surface area contributed by atoms with Gasteiger partial charge in [-0.2, -0.15) is 0 Å². The molecule has 0 saturated carbocycles. The highest BCUT2D eigenvalue weighted by molar-refractivity contribution is 7.89. The summed E-state index contributed by atoms with van der Waals surface area (Å²) < 4.78 is 43.1. The number of sulfonamides is 1. The predicted octanol–water partition coefficient (Wildman–Crippen LogP) is 2.22. The number of hydrogen-bond donors (Lipinski definition) is 2. The normalized spacial score (nSPS) is 12.5. The van der Waals surface area contributed by atoms with E-state index in [1.807, 2.05) is 11.8 Å². The van der Waals surface area contributed by atoms with Crippen LogP contribution in [0.5, 0.6) is 5.75 Å². The molecule has 1 unspecified atom stereocenters. The molecule has 2 aromatic carbocycles. The Kier molecular flexibility index (Phi) is 5.76. The van der Waals surface area contributed by atoms with Crippen molar-refractivity contribution in [3.63, 3.8) is 0 Å². The van der Waals surface area contributed by atoms with E-state index in [1.165, 1.54) is 37.3 Å². The van der Waals surface area contributed by atoms with E-state index < -0.39 is 27.9 Å². The van der Waals surface area contributed by atoms with Crippen LogP contribution in [-0.2, 0) is 14.8 Å². The number of ether oxygens (including phenoxy) is 1. The Balaban J connectivity index is 2.00. The average Bonchev–Trinajstić information content (AvgIpc) is 2.57. The largest absolute Gasteiger partial charge is 0.478 e. The van der Waals surface area contributed by atoms with E-state index in [-0.39, 0.29) is 10.6 Å². The molecule has 6 nitrogen and oxygen atoms in total. The molecule has 1 amide bonds. The molecule has 0 aliphatic heterocycles. The third kappa shape index (κ3) is 4.77. The highest BCUT2D eigenvalue weighted by Gasteiger charge is 2.20. The van der Waals surface area contributed by atoms with Crippen LogP contribution in [0, 0.1) is 19.7 Å². The first-order chi connectivity index (χ1) is 11.7. The molecule has 0 radical (unpaired) electrons. The SMILES string of the molecule is Cc1ccc(S(=O)(=O)NNC(=O)C(C)Oc2ccccc2F)cc1C. The van der Waals surface area contributed by atoms with E-state index in [9.17, 15) is 17.6 Å². The zero-order valence-electron chi connectivity index (χ0n) is 14.0. The fourth-order valence-corrected chi connectivity index (χ4v) is 2.88. The molecule has 134 valence electrons. The third-order valence-electron chi connectivity index (χ3n) is 3.61. The second-order valence-electron chi connectivity index (χ2n) is 5.53. The Morgan fingerprint density at radius 3 is 2.44 bits per heavy atom. The standard InChI is InChI=1S/C17H19FN2O4S/c1-11-8-9-14(10-12(11)2)25(22,23)20-19-17(21)13(3)24-16-7-5-4-6-15(16)18/h4-10,13,20H,1-3H3,(H,19,21). The molecule has 1 atom stereocenters. The van der Waals surface area contributed by atoms with Crippen LogP contribution in [0.25, 0.3) is 0 Å². The quantitative estimate of drug-likeness (QED) is 0.768. The number of halogens is 1. The lowest BCUT2D eigenvalue weighted by Crippen LogP contribution is -2.47. The van der Waals surface area contributed by atoms with E-state index in [2.05, 4.69) is 5.43 Å². The Labute approximate surface area is 146 Å². The second-order valence-corrected chi connectivity index (χ2v) is 7.21. The van der Waals surface area contributed by atoms with Crippen molar-refractivity contribution < 1.29 is 22.3 Å². The van der Waals surface area contributed by atoms with Crippen molar-refractivity contribution in [3.05, 3.63) is 59.4 Å². The number of para-hydroxylation sites is 1. The number of nitrogens with one attached hydrogen (secondary N) is 2. The van der Waals surface area contributed by atoms with Crippen LogP contribution in [0.15, 0.2) is 47.4 Å². The summed E-state index contributed by atoms with van der Waals surface area (Å²) in [6.45, 7) is 5.03.